The Morgan fingerprint density at radius 1 is 0.950 bits per heavy atom. The Bertz CT molecular complexity index is 236. The lowest BCUT2D eigenvalue weighted by atomic mass is 9.92. The lowest BCUT2D eigenvalue weighted by molar-refractivity contribution is -0.0593. The van der Waals surface area contributed by atoms with E-state index in [1.165, 1.54) is 64.2 Å². The predicted molar refractivity (Wildman–Crippen MR) is 88.3 cm³/mol. The monoisotopic (exact) mass is 283 g/mol. The Hall–Kier alpha value is -0.0800. The highest BCUT2D eigenvalue weighted by molar-refractivity contribution is 4.88. The van der Waals surface area contributed by atoms with Crippen LogP contribution in [0.1, 0.15) is 91.9 Å². The fourth-order valence-corrected chi connectivity index (χ4v) is 2.99. The fourth-order valence-electron chi connectivity index (χ4n) is 2.99. The molecule has 0 bridgehead atoms. The zero-order chi connectivity index (χ0) is 14.9. The summed E-state index contributed by atoms with van der Waals surface area (Å²) >= 11 is 0. The average Bonchev–Trinajstić information content (AvgIpc) is 2.62. The molecule has 120 valence electrons. The molecule has 1 aliphatic carbocycles. The average molecular weight is 284 g/mol. The molecule has 0 unspecified atom stereocenters. The van der Waals surface area contributed by atoms with Gasteiger partial charge in [-0.3, -0.25) is 0 Å². The normalized spacial score (nSPS) is 19.8. The van der Waals surface area contributed by atoms with Crippen molar-refractivity contribution in [1.29, 1.82) is 0 Å². The Labute approximate surface area is 127 Å². The minimum absolute atomic E-state index is 0.107. The maximum atomic E-state index is 6.43. The highest BCUT2D eigenvalue weighted by Crippen LogP contribution is 2.31. The second-order valence-electron chi connectivity index (χ2n) is 7.61. The van der Waals surface area contributed by atoms with Crippen LogP contribution in [-0.2, 0) is 4.74 Å². The topological polar surface area (TPSA) is 21.3 Å². The molecule has 0 saturated heterocycles. The van der Waals surface area contributed by atoms with Crippen molar-refractivity contribution in [1.82, 2.24) is 5.32 Å². The number of nitrogens with one attached hydrogen (secondary N) is 1. The minimum atomic E-state index is 0.107. The molecule has 0 amide bonds. The van der Waals surface area contributed by atoms with Gasteiger partial charge in [0.1, 0.15) is 0 Å². The second-order valence-corrected chi connectivity index (χ2v) is 7.61. The highest BCUT2D eigenvalue weighted by atomic mass is 16.5. The molecule has 1 fully saturated rings. The van der Waals surface area contributed by atoms with E-state index in [0.29, 0.717) is 0 Å². The van der Waals surface area contributed by atoms with Crippen LogP contribution in [0.3, 0.4) is 0 Å². The summed E-state index contributed by atoms with van der Waals surface area (Å²) in [5, 5.41) is 3.69. The van der Waals surface area contributed by atoms with E-state index < -0.39 is 0 Å². The van der Waals surface area contributed by atoms with Gasteiger partial charge in [-0.25, -0.2) is 0 Å². The fraction of sp³-hybridized carbons (Fsp3) is 1.00. The summed E-state index contributed by atoms with van der Waals surface area (Å²) in [6.45, 7) is 11.0. The Morgan fingerprint density at radius 2 is 1.60 bits per heavy atom. The van der Waals surface area contributed by atoms with Crippen molar-refractivity contribution in [2.45, 2.75) is 103 Å². The van der Waals surface area contributed by atoms with E-state index in [4.69, 9.17) is 4.74 Å². The molecule has 2 heteroatoms. The number of hydrogen-bond donors (Lipinski definition) is 1. The van der Waals surface area contributed by atoms with Crippen LogP contribution >= 0.6 is 0 Å². The number of unbranched alkanes of at least 4 members (excludes halogenated alkanes) is 3. The Kier molecular flexibility index (Phi) is 8.13. The van der Waals surface area contributed by atoms with Crippen molar-refractivity contribution in [2.75, 3.05) is 13.2 Å². The van der Waals surface area contributed by atoms with Gasteiger partial charge in [-0.1, -0.05) is 51.9 Å². The quantitative estimate of drug-likeness (QED) is 0.496. The molecular formula is C18H37NO. The molecule has 20 heavy (non-hydrogen) atoms. The van der Waals surface area contributed by atoms with E-state index in [1.54, 1.807) is 0 Å². The molecule has 0 spiro atoms. The SMILES string of the molecule is CCCCCCOC1(CNC(C)(C)C)CCCCCC1. The van der Waals surface area contributed by atoms with Gasteiger partial charge in [0.25, 0.3) is 0 Å². The van der Waals surface area contributed by atoms with Gasteiger partial charge in [-0.2, -0.15) is 0 Å². The zero-order valence-corrected chi connectivity index (χ0v) is 14.4. The molecular weight excluding hydrogens is 246 g/mol. The van der Waals surface area contributed by atoms with Gasteiger partial charge >= 0.3 is 0 Å². The maximum Gasteiger partial charge on any atom is 0.0806 e. The number of rotatable bonds is 8. The van der Waals surface area contributed by atoms with Crippen LogP contribution in [0.15, 0.2) is 0 Å². The molecule has 2 nitrogen and oxygen atoms in total. The van der Waals surface area contributed by atoms with E-state index in [0.717, 1.165) is 13.2 Å². The molecule has 0 radical (unpaired) electrons. The van der Waals surface area contributed by atoms with Gasteiger partial charge < -0.3 is 10.1 Å². The minimum Gasteiger partial charge on any atom is -0.374 e. The molecule has 0 aliphatic heterocycles. The van der Waals surface area contributed by atoms with Crippen molar-refractivity contribution < 1.29 is 4.74 Å². The van der Waals surface area contributed by atoms with Gasteiger partial charge in [-0.05, 0) is 40.0 Å². The number of ether oxygens (including phenoxy) is 1. The van der Waals surface area contributed by atoms with Crippen LogP contribution < -0.4 is 5.32 Å². The summed E-state index contributed by atoms with van der Waals surface area (Å²) in [5.74, 6) is 0. The first-order chi connectivity index (χ1) is 9.47. The molecule has 1 N–H and O–H groups in total. The van der Waals surface area contributed by atoms with Gasteiger partial charge in [0.2, 0.25) is 0 Å². The molecule has 0 heterocycles. The Balaban J connectivity index is 2.45. The van der Waals surface area contributed by atoms with Gasteiger partial charge in [0.05, 0.1) is 5.60 Å². The van der Waals surface area contributed by atoms with Crippen LogP contribution in [0.25, 0.3) is 0 Å². The summed E-state index contributed by atoms with van der Waals surface area (Å²) in [6, 6.07) is 0. The smallest absolute Gasteiger partial charge is 0.0806 e. The largest absolute Gasteiger partial charge is 0.374 e. The summed E-state index contributed by atoms with van der Waals surface area (Å²) in [5.41, 5.74) is 0.293. The summed E-state index contributed by atoms with van der Waals surface area (Å²) in [6.07, 6.45) is 13.1. The van der Waals surface area contributed by atoms with Crippen molar-refractivity contribution in [2.24, 2.45) is 0 Å². The molecule has 0 aromatic heterocycles. The van der Waals surface area contributed by atoms with Crippen molar-refractivity contribution in [3.8, 4) is 0 Å². The summed E-state index contributed by atoms with van der Waals surface area (Å²) in [7, 11) is 0. The lowest BCUT2D eigenvalue weighted by Gasteiger charge is -2.36. The van der Waals surface area contributed by atoms with Gasteiger partial charge in [0.15, 0.2) is 0 Å². The molecule has 0 aromatic rings. The van der Waals surface area contributed by atoms with Crippen LogP contribution in [0.5, 0.6) is 0 Å². The third-order valence-electron chi connectivity index (χ3n) is 4.36. The van der Waals surface area contributed by atoms with Crippen LogP contribution in [0.4, 0.5) is 0 Å². The van der Waals surface area contributed by atoms with Crippen LogP contribution in [-0.4, -0.2) is 24.3 Å². The molecule has 0 aromatic carbocycles. The predicted octanol–water partition coefficient (Wildman–Crippen LogP) is 5.06. The highest BCUT2D eigenvalue weighted by Gasteiger charge is 2.32. The molecule has 1 rings (SSSR count). The third kappa shape index (κ3) is 7.64. The van der Waals surface area contributed by atoms with E-state index in [9.17, 15) is 0 Å². The van der Waals surface area contributed by atoms with Crippen molar-refractivity contribution in [3.63, 3.8) is 0 Å². The Morgan fingerprint density at radius 3 is 2.15 bits per heavy atom. The maximum absolute atomic E-state index is 6.43. The first-order valence-electron chi connectivity index (χ1n) is 8.86. The van der Waals surface area contributed by atoms with E-state index in [1.807, 2.05) is 0 Å². The standard InChI is InChI=1S/C18H37NO/c1-5-6-7-12-15-20-18(16-19-17(2,3)4)13-10-8-9-11-14-18/h19H,5-16H2,1-4H3. The van der Waals surface area contributed by atoms with E-state index in [-0.39, 0.29) is 11.1 Å². The van der Waals surface area contributed by atoms with Gasteiger partial charge in [-0.15, -0.1) is 0 Å². The van der Waals surface area contributed by atoms with Crippen molar-refractivity contribution >= 4 is 0 Å². The van der Waals surface area contributed by atoms with Crippen LogP contribution in [0.2, 0.25) is 0 Å². The zero-order valence-electron chi connectivity index (χ0n) is 14.4. The van der Waals surface area contributed by atoms with Gasteiger partial charge in [0, 0.05) is 18.7 Å². The lowest BCUT2D eigenvalue weighted by Crippen LogP contribution is -2.49. The van der Waals surface area contributed by atoms with Crippen LogP contribution in [0, 0.1) is 0 Å². The molecule has 1 aliphatic rings. The molecule has 1 saturated carbocycles. The summed E-state index contributed by atoms with van der Waals surface area (Å²) in [4.78, 5) is 0. The first kappa shape index (κ1) is 18.0. The summed E-state index contributed by atoms with van der Waals surface area (Å²) < 4.78 is 6.43. The van der Waals surface area contributed by atoms with Crippen molar-refractivity contribution in [3.05, 3.63) is 0 Å². The second kappa shape index (κ2) is 9.04. The first-order valence-corrected chi connectivity index (χ1v) is 8.86. The number of hydrogen-bond acceptors (Lipinski definition) is 2. The van der Waals surface area contributed by atoms with E-state index in [2.05, 4.69) is 33.0 Å². The third-order valence-corrected chi connectivity index (χ3v) is 4.36. The van der Waals surface area contributed by atoms with E-state index >= 15 is 0 Å². The molecule has 0 atom stereocenters.